The Bertz CT molecular complexity index is 613. The molecule has 2 aliphatic rings. The number of aryl methyl sites for hydroxylation is 2. The number of imide groups is 1. The molecule has 3 rings (SSSR count). The summed E-state index contributed by atoms with van der Waals surface area (Å²) in [6.45, 7) is 4.61. The molecule has 3 amide bonds. The highest BCUT2D eigenvalue weighted by molar-refractivity contribution is 6.07. The number of para-hydroxylation sites is 1. The largest absolute Gasteiger partial charge is 0.491 e. The molecule has 0 unspecified atom stereocenters. The molecule has 2 fully saturated rings. The number of benzene rings is 1. The molecule has 24 heavy (non-hydrogen) atoms. The Kier molecular flexibility index (Phi) is 4.78. The zero-order chi connectivity index (χ0) is 17.2. The van der Waals surface area contributed by atoms with Crippen LogP contribution in [0.15, 0.2) is 18.2 Å². The van der Waals surface area contributed by atoms with Crippen molar-refractivity contribution in [1.82, 2.24) is 10.2 Å². The molecule has 1 aliphatic carbocycles. The van der Waals surface area contributed by atoms with Crippen LogP contribution in [-0.2, 0) is 4.79 Å². The van der Waals surface area contributed by atoms with Gasteiger partial charge in [0.25, 0.3) is 5.91 Å². The number of carbonyl (C=O) groups excluding carboxylic acids is 2. The number of hydrogen-bond donors (Lipinski definition) is 1. The van der Waals surface area contributed by atoms with Gasteiger partial charge in [0.1, 0.15) is 17.9 Å². The van der Waals surface area contributed by atoms with Crippen LogP contribution in [0.2, 0.25) is 0 Å². The molecule has 0 radical (unpaired) electrons. The van der Waals surface area contributed by atoms with Crippen molar-refractivity contribution in [3.63, 3.8) is 0 Å². The van der Waals surface area contributed by atoms with E-state index in [0.29, 0.717) is 13.2 Å². The van der Waals surface area contributed by atoms with Crippen LogP contribution in [-0.4, -0.2) is 35.5 Å². The van der Waals surface area contributed by atoms with Crippen LogP contribution in [0.1, 0.15) is 49.7 Å². The maximum Gasteiger partial charge on any atom is 0.325 e. The van der Waals surface area contributed by atoms with Crippen LogP contribution >= 0.6 is 0 Å². The Labute approximate surface area is 143 Å². The number of carbonyl (C=O) groups is 2. The van der Waals surface area contributed by atoms with Crippen molar-refractivity contribution in [1.29, 1.82) is 0 Å². The van der Waals surface area contributed by atoms with Gasteiger partial charge in [-0.25, -0.2) is 4.79 Å². The van der Waals surface area contributed by atoms with Crippen LogP contribution < -0.4 is 10.1 Å². The first-order valence-electron chi connectivity index (χ1n) is 8.87. The minimum Gasteiger partial charge on any atom is -0.491 e. The highest BCUT2D eigenvalue weighted by Gasteiger charge is 2.50. The third-order valence-corrected chi connectivity index (χ3v) is 5.17. The molecule has 0 bridgehead atoms. The van der Waals surface area contributed by atoms with Crippen LogP contribution in [0, 0.1) is 13.8 Å². The van der Waals surface area contributed by atoms with E-state index in [-0.39, 0.29) is 11.9 Å². The molecule has 130 valence electrons. The van der Waals surface area contributed by atoms with Crippen LogP contribution in [0.4, 0.5) is 4.79 Å². The molecule has 1 spiro atoms. The fourth-order valence-corrected chi connectivity index (χ4v) is 3.82. The van der Waals surface area contributed by atoms with E-state index >= 15 is 0 Å². The Morgan fingerprint density at radius 1 is 1.08 bits per heavy atom. The molecule has 1 saturated heterocycles. The predicted molar refractivity (Wildman–Crippen MR) is 92.1 cm³/mol. The Hall–Kier alpha value is -2.04. The normalized spacial score (nSPS) is 20.2. The Morgan fingerprint density at radius 2 is 1.71 bits per heavy atom. The lowest BCUT2D eigenvalue weighted by Crippen LogP contribution is -2.46. The van der Waals surface area contributed by atoms with E-state index in [2.05, 4.69) is 5.32 Å². The van der Waals surface area contributed by atoms with Gasteiger partial charge in [-0.2, -0.15) is 0 Å². The summed E-state index contributed by atoms with van der Waals surface area (Å²) >= 11 is 0. The van der Waals surface area contributed by atoms with E-state index in [1.54, 1.807) is 0 Å². The van der Waals surface area contributed by atoms with Gasteiger partial charge in [0, 0.05) is 0 Å². The van der Waals surface area contributed by atoms with Crippen molar-refractivity contribution in [2.75, 3.05) is 13.2 Å². The zero-order valence-electron chi connectivity index (χ0n) is 14.6. The first-order chi connectivity index (χ1) is 11.5. The average Bonchev–Trinajstić information content (AvgIpc) is 2.72. The van der Waals surface area contributed by atoms with Gasteiger partial charge in [-0.3, -0.25) is 9.69 Å². The zero-order valence-corrected chi connectivity index (χ0v) is 14.6. The molecule has 1 aromatic carbocycles. The van der Waals surface area contributed by atoms with Crippen LogP contribution in [0.5, 0.6) is 5.75 Å². The van der Waals surface area contributed by atoms with Crippen molar-refractivity contribution >= 4 is 11.9 Å². The molecular formula is C19H26N2O3. The van der Waals surface area contributed by atoms with Gasteiger partial charge in [0.15, 0.2) is 0 Å². The molecule has 1 aromatic rings. The summed E-state index contributed by atoms with van der Waals surface area (Å²) in [7, 11) is 0. The second-order valence-corrected chi connectivity index (χ2v) is 6.95. The van der Waals surface area contributed by atoms with E-state index in [1.165, 1.54) is 4.90 Å². The minimum atomic E-state index is -0.661. The quantitative estimate of drug-likeness (QED) is 0.862. The second kappa shape index (κ2) is 6.83. The molecule has 1 heterocycles. The van der Waals surface area contributed by atoms with Gasteiger partial charge < -0.3 is 10.1 Å². The number of rotatable bonds is 4. The molecule has 0 aromatic heterocycles. The van der Waals surface area contributed by atoms with Gasteiger partial charge >= 0.3 is 6.03 Å². The topological polar surface area (TPSA) is 58.6 Å². The monoisotopic (exact) mass is 330 g/mol. The molecule has 5 nitrogen and oxygen atoms in total. The highest BCUT2D eigenvalue weighted by atomic mass is 16.5. The van der Waals surface area contributed by atoms with Crippen LogP contribution in [0.25, 0.3) is 0 Å². The van der Waals surface area contributed by atoms with Gasteiger partial charge in [0.2, 0.25) is 0 Å². The SMILES string of the molecule is Cc1cccc(C)c1OCCN1C(=O)NC2(CCCCCC2)C1=O. The van der Waals surface area contributed by atoms with E-state index in [9.17, 15) is 9.59 Å². The standard InChI is InChI=1S/C19H26N2O3/c1-14-8-7-9-15(2)16(14)24-13-12-21-17(22)19(20-18(21)23)10-5-3-4-6-11-19/h7-9H,3-6,10-13H2,1-2H3,(H,20,23). The van der Waals surface area contributed by atoms with Crippen molar-refractivity contribution in [2.45, 2.75) is 57.9 Å². The lowest BCUT2D eigenvalue weighted by molar-refractivity contribution is -0.132. The van der Waals surface area contributed by atoms with Crippen molar-refractivity contribution in [3.8, 4) is 5.75 Å². The third-order valence-electron chi connectivity index (χ3n) is 5.17. The van der Waals surface area contributed by atoms with E-state index < -0.39 is 5.54 Å². The summed E-state index contributed by atoms with van der Waals surface area (Å²) in [5.74, 6) is 0.772. The third kappa shape index (κ3) is 3.12. The van der Waals surface area contributed by atoms with E-state index in [0.717, 1.165) is 55.4 Å². The fourth-order valence-electron chi connectivity index (χ4n) is 3.82. The van der Waals surface area contributed by atoms with E-state index in [1.807, 2.05) is 32.0 Å². The average molecular weight is 330 g/mol. The van der Waals surface area contributed by atoms with Gasteiger partial charge in [-0.15, -0.1) is 0 Å². The molecule has 5 heteroatoms. The van der Waals surface area contributed by atoms with Gasteiger partial charge in [-0.1, -0.05) is 43.9 Å². The lowest BCUT2D eigenvalue weighted by Gasteiger charge is -2.24. The number of hydrogen-bond acceptors (Lipinski definition) is 3. The number of ether oxygens (including phenoxy) is 1. The molecular weight excluding hydrogens is 304 g/mol. The van der Waals surface area contributed by atoms with Crippen molar-refractivity contribution < 1.29 is 14.3 Å². The van der Waals surface area contributed by atoms with E-state index in [4.69, 9.17) is 4.74 Å². The Morgan fingerprint density at radius 3 is 2.33 bits per heavy atom. The predicted octanol–water partition coefficient (Wildman–Crippen LogP) is 3.33. The summed E-state index contributed by atoms with van der Waals surface area (Å²) in [5.41, 5.74) is 1.46. The number of nitrogens with zero attached hydrogens (tertiary/aromatic N) is 1. The number of amides is 3. The summed E-state index contributed by atoms with van der Waals surface area (Å²) in [4.78, 5) is 26.4. The summed E-state index contributed by atoms with van der Waals surface area (Å²) in [6, 6.07) is 5.71. The smallest absolute Gasteiger partial charge is 0.325 e. The number of urea groups is 1. The molecule has 0 atom stereocenters. The maximum atomic E-state index is 12.8. The Balaban J connectivity index is 1.63. The summed E-state index contributed by atoms with van der Waals surface area (Å²) in [5, 5.41) is 2.96. The van der Waals surface area contributed by atoms with Gasteiger partial charge in [-0.05, 0) is 37.8 Å². The summed E-state index contributed by atoms with van der Waals surface area (Å²) < 4.78 is 5.85. The summed E-state index contributed by atoms with van der Waals surface area (Å²) in [6.07, 6.45) is 5.79. The first kappa shape index (κ1) is 16.8. The van der Waals surface area contributed by atoms with Crippen LogP contribution in [0.3, 0.4) is 0 Å². The highest BCUT2D eigenvalue weighted by Crippen LogP contribution is 2.32. The van der Waals surface area contributed by atoms with Crippen molar-refractivity contribution in [3.05, 3.63) is 29.3 Å². The van der Waals surface area contributed by atoms with Crippen molar-refractivity contribution in [2.24, 2.45) is 0 Å². The first-order valence-corrected chi connectivity index (χ1v) is 8.87. The molecule has 1 aliphatic heterocycles. The number of nitrogens with one attached hydrogen (secondary N) is 1. The molecule has 1 saturated carbocycles. The molecule has 1 N–H and O–H groups in total. The fraction of sp³-hybridized carbons (Fsp3) is 0.579. The minimum absolute atomic E-state index is 0.0699. The second-order valence-electron chi connectivity index (χ2n) is 6.95. The lowest BCUT2D eigenvalue weighted by atomic mass is 9.90. The maximum absolute atomic E-state index is 12.8. The van der Waals surface area contributed by atoms with Gasteiger partial charge in [0.05, 0.1) is 6.54 Å².